The van der Waals surface area contributed by atoms with Crippen molar-refractivity contribution in [3.05, 3.63) is 64.2 Å². The summed E-state index contributed by atoms with van der Waals surface area (Å²) in [5.41, 5.74) is 1.79. The molecule has 3 saturated carbocycles. The van der Waals surface area contributed by atoms with Gasteiger partial charge < -0.3 is 41.2 Å². The molecule has 0 bridgehead atoms. The zero-order valence-electron chi connectivity index (χ0n) is 35.8. The molecule has 8 rings (SSSR count). The first-order chi connectivity index (χ1) is 30.3. The van der Waals surface area contributed by atoms with Crippen LogP contribution in [0.5, 0.6) is 0 Å². The van der Waals surface area contributed by atoms with Crippen molar-refractivity contribution in [2.75, 3.05) is 56.2 Å². The first-order valence-electron chi connectivity index (χ1n) is 22.0. The topological polar surface area (TPSA) is 215 Å². The molecule has 3 aliphatic heterocycles. The summed E-state index contributed by atoms with van der Waals surface area (Å²) in [7, 11) is 3.30. The van der Waals surface area contributed by atoms with E-state index in [1.807, 2.05) is 11.9 Å². The number of fused-ring (bicyclic) bond motifs is 1. The highest BCUT2D eigenvalue weighted by atomic mass is 35.5. The van der Waals surface area contributed by atoms with Crippen LogP contribution in [0.1, 0.15) is 104 Å². The van der Waals surface area contributed by atoms with Crippen LogP contribution in [0, 0.1) is 16.7 Å². The van der Waals surface area contributed by atoms with Crippen LogP contribution in [0.2, 0.25) is 0 Å². The molecule has 334 valence electrons. The molecular formula is C45H55ClN10O7. The lowest BCUT2D eigenvalue weighted by Gasteiger charge is -2.58. The number of aromatic nitrogens is 2. The second-order valence-corrected chi connectivity index (χ2v) is 18.7. The van der Waals surface area contributed by atoms with Crippen LogP contribution < -0.4 is 26.6 Å². The average Bonchev–Trinajstić information content (AvgIpc) is 3.90. The lowest BCUT2D eigenvalue weighted by Crippen LogP contribution is -2.63. The van der Waals surface area contributed by atoms with Crippen LogP contribution in [0.25, 0.3) is 0 Å². The molecule has 5 fully saturated rings. The number of rotatable bonds is 18. The number of aldehydes is 2. The number of amides is 5. The molecule has 0 radical (unpaired) electrons. The summed E-state index contributed by atoms with van der Waals surface area (Å²) in [4.78, 5) is 102. The number of nitrogens with zero attached hydrogens (tertiary/aromatic N) is 5. The van der Waals surface area contributed by atoms with Crippen molar-refractivity contribution in [1.29, 1.82) is 0 Å². The van der Waals surface area contributed by atoms with Gasteiger partial charge in [0.2, 0.25) is 11.8 Å². The molecule has 4 heterocycles. The minimum absolute atomic E-state index is 0.0505. The van der Waals surface area contributed by atoms with Gasteiger partial charge in [-0.3, -0.25) is 33.7 Å². The molecule has 2 aromatic rings. The quantitative estimate of drug-likeness (QED) is 0.0617. The predicted octanol–water partition coefficient (Wildman–Crippen LogP) is 4.16. The molecule has 3 spiro atoms. The molecule has 1 aromatic heterocycles. The normalized spacial score (nSPS) is 22.0. The zero-order chi connectivity index (χ0) is 44.5. The van der Waals surface area contributed by atoms with E-state index in [2.05, 4.69) is 41.5 Å². The number of likely N-dealkylation sites (tertiary alicyclic amines) is 1. The van der Waals surface area contributed by atoms with Gasteiger partial charge in [-0.1, -0.05) is 18.0 Å². The molecule has 3 aliphatic carbocycles. The maximum absolute atomic E-state index is 13.2. The fourth-order valence-electron chi connectivity index (χ4n) is 10.3. The molecule has 1 atom stereocenters. The molecule has 2 saturated heterocycles. The Labute approximate surface area is 371 Å². The van der Waals surface area contributed by atoms with E-state index in [1.54, 1.807) is 24.3 Å². The van der Waals surface area contributed by atoms with Crippen molar-refractivity contribution in [3.63, 3.8) is 0 Å². The zero-order valence-corrected chi connectivity index (χ0v) is 36.5. The molecule has 17 nitrogen and oxygen atoms in total. The number of hydrogen-bond acceptors (Lipinski definition) is 13. The number of imide groups is 1. The van der Waals surface area contributed by atoms with Gasteiger partial charge >= 0.3 is 0 Å². The third-order valence-corrected chi connectivity index (χ3v) is 14.4. The van der Waals surface area contributed by atoms with Gasteiger partial charge in [-0.2, -0.15) is 0 Å². The van der Waals surface area contributed by atoms with Gasteiger partial charge in [-0.15, -0.1) is 0 Å². The molecule has 1 aromatic carbocycles. The summed E-state index contributed by atoms with van der Waals surface area (Å²) < 4.78 is 0. The maximum atomic E-state index is 13.2. The first-order valence-corrected chi connectivity index (χ1v) is 22.4. The number of carbonyl (C=O) groups excluding carboxylic acids is 7. The van der Waals surface area contributed by atoms with Crippen molar-refractivity contribution in [2.45, 2.75) is 95.2 Å². The lowest BCUT2D eigenvalue weighted by molar-refractivity contribution is -0.139. The van der Waals surface area contributed by atoms with E-state index < -0.39 is 29.4 Å². The average molecular weight is 883 g/mol. The third-order valence-electron chi connectivity index (χ3n) is 14.1. The number of nitrogens with one attached hydrogen (secondary N) is 5. The minimum Gasteiger partial charge on any atom is -0.385 e. The Morgan fingerprint density at radius 1 is 0.921 bits per heavy atom. The van der Waals surface area contributed by atoms with Crippen LogP contribution >= 0.6 is 11.6 Å². The van der Waals surface area contributed by atoms with E-state index in [4.69, 9.17) is 11.6 Å². The smallest absolute Gasteiger partial charge is 0.270 e. The Morgan fingerprint density at radius 2 is 1.62 bits per heavy atom. The van der Waals surface area contributed by atoms with Gasteiger partial charge in [-0.05, 0) is 112 Å². The second-order valence-electron chi connectivity index (χ2n) is 18.3. The van der Waals surface area contributed by atoms with E-state index in [9.17, 15) is 33.6 Å². The second kappa shape index (κ2) is 17.8. The summed E-state index contributed by atoms with van der Waals surface area (Å²) in [5.74, 6) is -1.45. The molecule has 63 heavy (non-hydrogen) atoms. The summed E-state index contributed by atoms with van der Waals surface area (Å²) in [5, 5.41) is 15.0. The van der Waals surface area contributed by atoms with Crippen molar-refractivity contribution in [3.8, 4) is 0 Å². The number of allylic oxidation sites excluding steroid dienone is 3. The molecule has 5 N–H and O–H groups in total. The number of carbonyl (C=O) groups is 7. The number of likely N-dealkylation sites (N-methyl/N-ethyl adjacent to an activating group) is 2. The summed E-state index contributed by atoms with van der Waals surface area (Å²) in [6.45, 7) is 3.59. The van der Waals surface area contributed by atoms with Crippen LogP contribution in [-0.2, 0) is 24.0 Å². The standard InChI is InChI=1S/C45H55ClN10O7/c1-47-39(60)34(7-6-18-57)56-41(62)31-9-8-29(19-32(31)42(56)63)48-16-4-3-5-17-55-25-44(26-55)22-28(23-44)38(59)52-36-21-35(49-27-50-36)51-30(24-58)20-33(46)37-40(61)53-45(54(37)2)14-12-43(10-11-43)13-15-45/h8-9,18-21,24,27-28,34,48H,3-7,10-17,22-23,25-26H2,1-2H3,(H,47,60)(H,53,61)(H2,49,50,51,52,59)/b30-20+,37-33+. The van der Waals surface area contributed by atoms with E-state index in [0.717, 1.165) is 82.3 Å². The largest absolute Gasteiger partial charge is 0.385 e. The van der Waals surface area contributed by atoms with Gasteiger partial charge in [-0.25, -0.2) is 9.97 Å². The van der Waals surface area contributed by atoms with Crippen molar-refractivity contribution >= 4 is 71.0 Å². The van der Waals surface area contributed by atoms with E-state index in [0.29, 0.717) is 41.7 Å². The molecule has 1 unspecified atom stereocenters. The molecule has 5 amide bonds. The summed E-state index contributed by atoms with van der Waals surface area (Å²) in [6, 6.07) is 5.51. The number of unbranched alkanes of at least 4 members (excludes halogenated alkanes) is 2. The van der Waals surface area contributed by atoms with Gasteiger partial charge in [0, 0.05) is 57.8 Å². The summed E-state index contributed by atoms with van der Waals surface area (Å²) >= 11 is 6.68. The van der Waals surface area contributed by atoms with E-state index in [1.165, 1.54) is 32.3 Å². The Morgan fingerprint density at radius 3 is 2.30 bits per heavy atom. The van der Waals surface area contributed by atoms with E-state index in [-0.39, 0.29) is 63.7 Å². The monoisotopic (exact) mass is 882 g/mol. The highest BCUT2D eigenvalue weighted by Crippen LogP contribution is 2.59. The Balaban J connectivity index is 0.735. The fourth-order valence-corrected chi connectivity index (χ4v) is 10.6. The van der Waals surface area contributed by atoms with Crippen molar-refractivity contribution < 1.29 is 33.6 Å². The van der Waals surface area contributed by atoms with Gasteiger partial charge in [0.25, 0.3) is 17.7 Å². The number of anilines is 3. The molecule has 6 aliphatic rings. The molecular weight excluding hydrogens is 828 g/mol. The molecule has 18 heteroatoms. The van der Waals surface area contributed by atoms with Gasteiger partial charge in [0.15, 0.2) is 6.29 Å². The van der Waals surface area contributed by atoms with Gasteiger partial charge in [0.05, 0.1) is 21.9 Å². The van der Waals surface area contributed by atoms with Crippen LogP contribution in [0.4, 0.5) is 17.3 Å². The highest BCUT2D eigenvalue weighted by Gasteiger charge is 2.55. The minimum atomic E-state index is -1.05. The Bertz CT molecular complexity index is 2250. The Kier molecular flexibility index (Phi) is 12.4. The van der Waals surface area contributed by atoms with Crippen LogP contribution in [0.15, 0.2) is 53.1 Å². The van der Waals surface area contributed by atoms with Crippen LogP contribution in [0.3, 0.4) is 0 Å². The van der Waals surface area contributed by atoms with Gasteiger partial charge in [0.1, 0.15) is 41.7 Å². The van der Waals surface area contributed by atoms with E-state index >= 15 is 0 Å². The number of benzene rings is 1. The number of hydrogen-bond donors (Lipinski definition) is 5. The van der Waals surface area contributed by atoms with Crippen molar-refractivity contribution in [2.24, 2.45) is 16.7 Å². The Hall–Kier alpha value is -5.68. The maximum Gasteiger partial charge on any atom is 0.270 e. The fraction of sp³-hybridized carbons (Fsp3) is 0.533. The van der Waals surface area contributed by atoms with Crippen molar-refractivity contribution in [1.82, 2.24) is 35.3 Å². The van der Waals surface area contributed by atoms with Crippen LogP contribution in [-0.4, -0.2) is 119 Å². The summed E-state index contributed by atoms with van der Waals surface area (Å²) in [6.07, 6.45) is 15.1. The predicted molar refractivity (Wildman–Crippen MR) is 234 cm³/mol. The number of halogens is 1. The lowest BCUT2D eigenvalue weighted by atomic mass is 9.57. The SMILES string of the molecule is CNC(=O)C(CCC=O)N1C(=O)c2ccc(NCCCCCN3CC4(CC(C(=O)Nc5cc(N/C(C=O)=C/C(Cl)=C6/C(=O)NC7(CCC8(CC8)CC7)N6C)ncn5)C4)C3)cc2C1=O. The highest BCUT2D eigenvalue weighted by molar-refractivity contribution is 6.34. The third kappa shape index (κ3) is 8.94. The first kappa shape index (κ1) is 43.9.